The molecule has 1 aromatic heterocycles. The van der Waals surface area contributed by atoms with Gasteiger partial charge in [0, 0.05) is 19.3 Å². The molecule has 2 heterocycles. The van der Waals surface area contributed by atoms with Crippen LogP contribution in [0.1, 0.15) is 5.56 Å². The van der Waals surface area contributed by atoms with E-state index < -0.39 is 40.9 Å². The minimum atomic E-state index is -4.66. The highest BCUT2D eigenvalue weighted by atomic mass is 32.2. The Kier molecular flexibility index (Phi) is 5.72. The van der Waals surface area contributed by atoms with E-state index in [0.717, 1.165) is 11.8 Å². The highest BCUT2D eigenvalue weighted by molar-refractivity contribution is 7.90. The van der Waals surface area contributed by atoms with Gasteiger partial charge < -0.3 is 10.1 Å². The van der Waals surface area contributed by atoms with Gasteiger partial charge in [0.25, 0.3) is 15.9 Å². The predicted octanol–water partition coefficient (Wildman–Crippen LogP) is 0.656. The second-order valence-corrected chi connectivity index (χ2v) is 7.82. The third kappa shape index (κ3) is 4.88. The number of morpholine rings is 1. The fourth-order valence-corrected chi connectivity index (χ4v) is 3.55. The lowest BCUT2D eigenvalue weighted by Crippen LogP contribution is -2.56. The van der Waals surface area contributed by atoms with Crippen molar-refractivity contribution in [3.05, 3.63) is 48.3 Å². The highest BCUT2D eigenvalue weighted by Gasteiger charge is 2.45. The maximum Gasteiger partial charge on any atom is 0.415 e. The summed E-state index contributed by atoms with van der Waals surface area (Å²) in [5.74, 6) is -1.18. The summed E-state index contributed by atoms with van der Waals surface area (Å²) >= 11 is 0. The number of aromatic nitrogens is 2. The molecule has 0 radical (unpaired) electrons. The number of benzene rings is 1. The molecule has 12 heteroatoms. The molecule has 3 rings (SSSR count). The number of halogens is 3. The van der Waals surface area contributed by atoms with Gasteiger partial charge in [-0.3, -0.25) is 9.48 Å². The van der Waals surface area contributed by atoms with Crippen LogP contribution in [-0.2, 0) is 26.1 Å². The molecule has 1 aromatic carbocycles. The summed E-state index contributed by atoms with van der Waals surface area (Å²) in [6.45, 7) is -0.430. The average Bonchev–Trinajstić information content (AvgIpc) is 3.11. The predicted molar refractivity (Wildman–Crippen MR) is 90.7 cm³/mol. The van der Waals surface area contributed by atoms with E-state index in [1.807, 2.05) is 30.3 Å². The van der Waals surface area contributed by atoms with Gasteiger partial charge in [-0.2, -0.15) is 18.3 Å². The van der Waals surface area contributed by atoms with Crippen LogP contribution in [0.4, 0.5) is 13.2 Å². The molecule has 152 valence electrons. The Morgan fingerprint density at radius 1 is 1.29 bits per heavy atom. The van der Waals surface area contributed by atoms with Gasteiger partial charge in [-0.05, 0) is 5.56 Å². The van der Waals surface area contributed by atoms with Crippen molar-refractivity contribution in [3.8, 4) is 0 Å². The maximum atomic E-state index is 12.7. The summed E-state index contributed by atoms with van der Waals surface area (Å²) < 4.78 is 70.7. The van der Waals surface area contributed by atoms with Gasteiger partial charge >= 0.3 is 6.18 Å². The number of ether oxygens (including phenoxy) is 1. The molecule has 0 aliphatic carbocycles. The number of sulfonamides is 1. The van der Waals surface area contributed by atoms with Crippen LogP contribution >= 0.6 is 0 Å². The zero-order valence-electron chi connectivity index (χ0n) is 14.4. The number of carbonyl (C=O) groups excluding carboxylic acids is 1. The first-order valence-corrected chi connectivity index (χ1v) is 9.69. The number of hydrogen-bond donors (Lipinski definition) is 2. The molecule has 0 bridgehead atoms. The number of nitrogens with one attached hydrogen (secondary N) is 2. The van der Waals surface area contributed by atoms with Gasteiger partial charge in [0.05, 0.1) is 12.7 Å². The van der Waals surface area contributed by atoms with Crippen molar-refractivity contribution in [1.29, 1.82) is 0 Å². The van der Waals surface area contributed by atoms with E-state index in [9.17, 15) is 26.4 Å². The highest BCUT2D eigenvalue weighted by Crippen LogP contribution is 2.25. The van der Waals surface area contributed by atoms with E-state index in [1.54, 1.807) is 4.72 Å². The van der Waals surface area contributed by atoms with Gasteiger partial charge in [0.2, 0.25) is 0 Å². The molecular weight excluding hydrogens is 401 g/mol. The average molecular weight is 418 g/mol. The second kappa shape index (κ2) is 7.89. The van der Waals surface area contributed by atoms with Gasteiger partial charge in [-0.25, -0.2) is 13.1 Å². The quantitative estimate of drug-likeness (QED) is 0.740. The molecule has 0 saturated carbocycles. The van der Waals surface area contributed by atoms with Crippen LogP contribution in [0.25, 0.3) is 0 Å². The number of nitrogens with zero attached hydrogens (tertiary/aromatic N) is 2. The molecule has 2 aromatic rings. The lowest BCUT2D eigenvalue weighted by atomic mass is 10.2. The molecule has 1 saturated heterocycles. The maximum absolute atomic E-state index is 12.7. The Hall–Kier alpha value is -2.44. The summed E-state index contributed by atoms with van der Waals surface area (Å²) in [7, 11) is -4.31. The van der Waals surface area contributed by atoms with Gasteiger partial charge in [-0.15, -0.1) is 0 Å². The summed E-state index contributed by atoms with van der Waals surface area (Å²) in [5, 5.41) is 6.35. The van der Waals surface area contributed by atoms with E-state index in [4.69, 9.17) is 4.74 Å². The first-order valence-electron chi connectivity index (χ1n) is 8.21. The topological polar surface area (TPSA) is 102 Å². The van der Waals surface area contributed by atoms with Crippen LogP contribution in [0, 0.1) is 0 Å². The number of alkyl halides is 3. The smallest absolute Gasteiger partial charge is 0.353 e. The van der Waals surface area contributed by atoms with E-state index in [1.165, 1.54) is 10.9 Å². The normalized spacial score (nSPS) is 20.7. The van der Waals surface area contributed by atoms with Crippen LogP contribution in [0.15, 0.2) is 47.6 Å². The van der Waals surface area contributed by atoms with Crippen LogP contribution in [-0.4, -0.2) is 55.6 Å². The minimum Gasteiger partial charge on any atom is -0.353 e. The summed E-state index contributed by atoms with van der Waals surface area (Å²) in [4.78, 5) is 11.8. The molecule has 2 N–H and O–H groups in total. The Morgan fingerprint density at radius 3 is 2.68 bits per heavy atom. The van der Waals surface area contributed by atoms with Crippen LogP contribution < -0.4 is 10.0 Å². The summed E-state index contributed by atoms with van der Waals surface area (Å²) in [5.41, 5.74) is 0.887. The molecule has 1 aliphatic heterocycles. The monoisotopic (exact) mass is 418 g/mol. The van der Waals surface area contributed by atoms with Crippen molar-refractivity contribution >= 4 is 15.9 Å². The molecule has 8 nitrogen and oxygen atoms in total. The lowest BCUT2D eigenvalue weighted by Gasteiger charge is -2.30. The number of carbonyl (C=O) groups is 1. The first-order chi connectivity index (χ1) is 13.1. The largest absolute Gasteiger partial charge is 0.415 e. The van der Waals surface area contributed by atoms with Crippen molar-refractivity contribution in [3.63, 3.8) is 0 Å². The summed E-state index contributed by atoms with van der Waals surface area (Å²) in [6.07, 6.45) is -6.16. The van der Waals surface area contributed by atoms with Crippen LogP contribution in [0.2, 0.25) is 0 Å². The zero-order valence-corrected chi connectivity index (χ0v) is 15.2. The van der Waals surface area contributed by atoms with E-state index in [2.05, 4.69) is 10.4 Å². The number of rotatable bonds is 5. The van der Waals surface area contributed by atoms with Gasteiger partial charge in [0.1, 0.15) is 4.90 Å². The minimum absolute atomic E-state index is 0.235. The molecular formula is C16H17F3N4O4S. The van der Waals surface area contributed by atoms with E-state index >= 15 is 0 Å². The van der Waals surface area contributed by atoms with Crippen molar-refractivity contribution < 1.29 is 31.1 Å². The lowest BCUT2D eigenvalue weighted by molar-refractivity contribution is -0.237. The molecule has 2 unspecified atom stereocenters. The van der Waals surface area contributed by atoms with Crippen LogP contribution in [0.5, 0.6) is 0 Å². The molecule has 0 spiro atoms. The standard InChI is InChI=1S/C16H17F3N4O4S/c17-16(18,19)14-8-20-7-13(27-14)15(24)22-28(25,26)12-6-21-23(10-12)9-11-4-2-1-3-5-11/h1-6,10,13-14,20H,7-9H2,(H,22,24). The van der Waals surface area contributed by atoms with Gasteiger partial charge in [-0.1, -0.05) is 30.3 Å². The van der Waals surface area contributed by atoms with Crippen molar-refractivity contribution in [1.82, 2.24) is 19.8 Å². The Bertz CT molecular complexity index is 931. The Labute approximate surface area is 158 Å². The first kappa shape index (κ1) is 20.3. The van der Waals surface area contributed by atoms with Gasteiger partial charge in [0.15, 0.2) is 12.2 Å². The van der Waals surface area contributed by atoms with E-state index in [0.29, 0.717) is 6.54 Å². The van der Waals surface area contributed by atoms with Crippen molar-refractivity contribution in [2.24, 2.45) is 0 Å². The summed E-state index contributed by atoms with van der Waals surface area (Å²) in [6, 6.07) is 9.15. The second-order valence-electron chi connectivity index (χ2n) is 6.14. The zero-order chi connectivity index (χ0) is 20.4. The third-order valence-corrected chi connectivity index (χ3v) is 5.29. The number of amides is 1. The molecule has 1 amide bonds. The van der Waals surface area contributed by atoms with E-state index in [-0.39, 0.29) is 11.4 Å². The van der Waals surface area contributed by atoms with Crippen molar-refractivity contribution in [2.75, 3.05) is 13.1 Å². The fourth-order valence-electron chi connectivity index (χ4n) is 2.58. The number of hydrogen-bond acceptors (Lipinski definition) is 6. The van der Waals surface area contributed by atoms with Crippen LogP contribution in [0.3, 0.4) is 0 Å². The Morgan fingerprint density at radius 2 is 2.00 bits per heavy atom. The van der Waals surface area contributed by atoms with Crippen molar-refractivity contribution in [2.45, 2.75) is 29.8 Å². The SMILES string of the molecule is O=C(NS(=O)(=O)c1cnn(Cc2ccccc2)c1)C1CNCC(C(F)(F)F)O1. The third-order valence-electron chi connectivity index (χ3n) is 3.99. The molecule has 1 fully saturated rings. The molecule has 1 aliphatic rings. The molecule has 28 heavy (non-hydrogen) atoms. The molecule has 2 atom stereocenters. The fraction of sp³-hybridized carbons (Fsp3) is 0.375. The Balaban J connectivity index is 1.66.